The zero-order valence-electron chi connectivity index (χ0n) is 10.0. The van der Waals surface area contributed by atoms with Crippen LogP contribution in [0.25, 0.3) is 4.83 Å². The van der Waals surface area contributed by atoms with Crippen LogP contribution >= 0.6 is 11.3 Å². The highest BCUT2D eigenvalue weighted by Gasteiger charge is 2.22. The van der Waals surface area contributed by atoms with Gasteiger partial charge in [-0.2, -0.15) is 0 Å². The zero-order chi connectivity index (χ0) is 12.6. The van der Waals surface area contributed by atoms with Crippen molar-refractivity contribution in [1.29, 1.82) is 5.41 Å². The fourth-order valence-corrected chi connectivity index (χ4v) is 2.94. The van der Waals surface area contributed by atoms with Gasteiger partial charge in [-0.05, 0) is 20.8 Å². The Kier molecular flexibility index (Phi) is 3.02. The molecular weight excluding hydrogens is 236 g/mol. The van der Waals surface area contributed by atoms with Gasteiger partial charge < -0.3 is 14.5 Å². The summed E-state index contributed by atoms with van der Waals surface area (Å²) in [6.45, 7) is 6.01. The van der Waals surface area contributed by atoms with Crippen molar-refractivity contribution in [1.82, 2.24) is 4.40 Å². The van der Waals surface area contributed by atoms with Gasteiger partial charge in [0.1, 0.15) is 4.83 Å². The predicted octanol–water partition coefficient (Wildman–Crippen LogP) is 2.79. The first kappa shape index (κ1) is 11.9. The van der Waals surface area contributed by atoms with Crippen LogP contribution in [0.4, 0.5) is 0 Å². The smallest absolute Gasteiger partial charge is 0.340 e. The van der Waals surface area contributed by atoms with Gasteiger partial charge >= 0.3 is 5.97 Å². The quantitative estimate of drug-likeness (QED) is 0.672. The van der Waals surface area contributed by atoms with Gasteiger partial charge in [0.15, 0.2) is 0 Å². The second-order valence-corrected chi connectivity index (χ2v) is 4.99. The maximum atomic E-state index is 11.9. The molecule has 0 spiro atoms. The van der Waals surface area contributed by atoms with Crippen LogP contribution in [0.15, 0.2) is 6.20 Å². The Morgan fingerprint density at radius 2 is 2.29 bits per heavy atom. The number of esters is 1. The molecule has 0 aliphatic rings. The van der Waals surface area contributed by atoms with Gasteiger partial charge in [0, 0.05) is 28.5 Å². The molecular formula is C12H14N2O2S. The summed E-state index contributed by atoms with van der Waals surface area (Å²) in [6, 6.07) is 0. The maximum absolute atomic E-state index is 11.9. The lowest BCUT2D eigenvalue weighted by atomic mass is 10.1. The molecule has 0 bridgehead atoms. The van der Waals surface area contributed by atoms with Crippen LogP contribution in [0.5, 0.6) is 0 Å². The summed E-state index contributed by atoms with van der Waals surface area (Å²) in [4.78, 5) is 13.9. The van der Waals surface area contributed by atoms with E-state index in [0.29, 0.717) is 17.7 Å². The normalized spacial score (nSPS) is 10.8. The molecule has 0 fully saturated rings. The molecule has 0 atom stereocenters. The van der Waals surface area contributed by atoms with E-state index in [0.717, 1.165) is 15.4 Å². The van der Waals surface area contributed by atoms with Gasteiger partial charge in [-0.1, -0.05) is 0 Å². The number of hydrogen-bond donors (Lipinski definition) is 1. The molecule has 1 N–H and O–H groups in total. The molecule has 90 valence electrons. The number of rotatable bonds is 3. The number of hydrogen-bond acceptors (Lipinski definition) is 4. The number of carbonyl (C=O) groups excluding carboxylic acids is 1. The van der Waals surface area contributed by atoms with Crippen LogP contribution in [-0.4, -0.2) is 23.2 Å². The van der Waals surface area contributed by atoms with Crippen LogP contribution in [0.1, 0.15) is 33.4 Å². The molecule has 2 aromatic heterocycles. The molecule has 0 aliphatic carbocycles. The largest absolute Gasteiger partial charge is 0.462 e. The van der Waals surface area contributed by atoms with Gasteiger partial charge in [-0.3, -0.25) is 0 Å². The minimum atomic E-state index is -0.350. The van der Waals surface area contributed by atoms with Crippen molar-refractivity contribution in [3.63, 3.8) is 0 Å². The van der Waals surface area contributed by atoms with Crippen LogP contribution < -0.4 is 0 Å². The summed E-state index contributed by atoms with van der Waals surface area (Å²) in [5.74, 6) is -0.350. The Morgan fingerprint density at radius 1 is 1.59 bits per heavy atom. The zero-order valence-corrected chi connectivity index (χ0v) is 10.9. The minimum Gasteiger partial charge on any atom is -0.462 e. The van der Waals surface area contributed by atoms with E-state index in [-0.39, 0.29) is 5.97 Å². The van der Waals surface area contributed by atoms with E-state index in [1.54, 1.807) is 18.3 Å². The Labute approximate surface area is 103 Å². The number of aromatic nitrogens is 1. The average Bonchev–Trinajstić information content (AvgIpc) is 2.76. The van der Waals surface area contributed by atoms with Gasteiger partial charge in [0.25, 0.3) is 0 Å². The lowest BCUT2D eigenvalue weighted by molar-refractivity contribution is 0.0525. The third kappa shape index (κ3) is 1.76. The first-order valence-corrected chi connectivity index (χ1v) is 6.20. The predicted molar refractivity (Wildman–Crippen MR) is 68.6 cm³/mol. The molecule has 17 heavy (non-hydrogen) atoms. The Bertz CT molecular complexity index is 595. The molecule has 2 rings (SSSR count). The lowest BCUT2D eigenvalue weighted by Crippen LogP contribution is -2.08. The highest BCUT2D eigenvalue weighted by molar-refractivity contribution is 7.17. The van der Waals surface area contributed by atoms with Crippen LogP contribution in [0.3, 0.4) is 0 Å². The number of ether oxygens (including phenoxy) is 1. The molecule has 0 aromatic carbocycles. The fourth-order valence-electron chi connectivity index (χ4n) is 1.92. The molecule has 5 heteroatoms. The number of thiazole rings is 1. The van der Waals surface area contributed by atoms with Crippen molar-refractivity contribution in [2.24, 2.45) is 0 Å². The summed E-state index contributed by atoms with van der Waals surface area (Å²) in [5, 5.41) is 7.48. The summed E-state index contributed by atoms with van der Waals surface area (Å²) in [6.07, 6.45) is 3.20. The third-order valence-electron chi connectivity index (χ3n) is 2.63. The number of fused-ring (bicyclic) bond motifs is 1. The number of carbonyl (C=O) groups is 1. The second-order valence-electron chi connectivity index (χ2n) is 3.76. The Hall–Kier alpha value is -1.62. The summed E-state index contributed by atoms with van der Waals surface area (Å²) >= 11 is 1.58. The Balaban J connectivity index is 2.70. The average molecular weight is 250 g/mol. The van der Waals surface area contributed by atoms with E-state index >= 15 is 0 Å². The van der Waals surface area contributed by atoms with Crippen molar-refractivity contribution >= 4 is 28.4 Å². The lowest BCUT2D eigenvalue weighted by Gasteiger charge is -2.02. The first-order chi connectivity index (χ1) is 8.10. The molecule has 0 saturated carbocycles. The molecule has 2 heterocycles. The van der Waals surface area contributed by atoms with Crippen LogP contribution in [0, 0.1) is 19.3 Å². The number of nitrogens with one attached hydrogen (secondary N) is 1. The highest BCUT2D eigenvalue weighted by atomic mass is 32.1. The van der Waals surface area contributed by atoms with Crippen molar-refractivity contribution in [2.75, 3.05) is 6.61 Å². The van der Waals surface area contributed by atoms with Crippen LogP contribution in [0.2, 0.25) is 0 Å². The highest BCUT2D eigenvalue weighted by Crippen LogP contribution is 2.28. The van der Waals surface area contributed by atoms with Crippen LogP contribution in [-0.2, 0) is 4.74 Å². The minimum absolute atomic E-state index is 0.345. The standard InChI is InChI=1S/C12H14N2O2S/c1-4-16-12(15)10-8(3)14-6-7(2)17-11(14)9(10)5-13/h5-6,13H,4H2,1-3H3. The number of nitrogens with zero attached hydrogens (tertiary/aromatic N) is 1. The van der Waals surface area contributed by atoms with E-state index in [2.05, 4.69) is 0 Å². The topological polar surface area (TPSA) is 54.6 Å². The van der Waals surface area contributed by atoms with Crippen molar-refractivity contribution < 1.29 is 9.53 Å². The molecule has 4 nitrogen and oxygen atoms in total. The van der Waals surface area contributed by atoms with Gasteiger partial charge in [0.05, 0.1) is 12.2 Å². The molecule has 0 saturated heterocycles. The molecule has 0 aliphatic heterocycles. The van der Waals surface area contributed by atoms with Crippen molar-refractivity contribution in [3.8, 4) is 0 Å². The van der Waals surface area contributed by atoms with Gasteiger partial charge in [0.2, 0.25) is 0 Å². The summed E-state index contributed by atoms with van der Waals surface area (Å²) < 4.78 is 6.98. The summed E-state index contributed by atoms with van der Waals surface area (Å²) in [5.41, 5.74) is 1.99. The van der Waals surface area contributed by atoms with Gasteiger partial charge in [-0.25, -0.2) is 4.79 Å². The van der Waals surface area contributed by atoms with E-state index in [9.17, 15) is 4.79 Å². The van der Waals surface area contributed by atoms with Crippen molar-refractivity contribution in [3.05, 3.63) is 27.9 Å². The molecule has 0 unspecified atom stereocenters. The third-order valence-corrected chi connectivity index (χ3v) is 3.67. The SMILES string of the molecule is CCOC(=O)c1c(C=N)c2sc(C)cn2c1C. The molecule has 0 radical (unpaired) electrons. The van der Waals surface area contributed by atoms with Crippen molar-refractivity contribution in [2.45, 2.75) is 20.8 Å². The van der Waals surface area contributed by atoms with E-state index in [4.69, 9.17) is 10.1 Å². The van der Waals surface area contributed by atoms with E-state index < -0.39 is 0 Å². The molecule has 2 aromatic rings. The second kappa shape index (κ2) is 4.33. The molecule has 0 amide bonds. The number of aryl methyl sites for hydroxylation is 2. The van der Waals surface area contributed by atoms with E-state index in [1.807, 2.05) is 24.4 Å². The van der Waals surface area contributed by atoms with E-state index in [1.165, 1.54) is 6.21 Å². The van der Waals surface area contributed by atoms with Gasteiger partial charge in [-0.15, -0.1) is 11.3 Å². The maximum Gasteiger partial charge on any atom is 0.340 e. The Morgan fingerprint density at radius 3 is 2.88 bits per heavy atom. The first-order valence-electron chi connectivity index (χ1n) is 5.38. The monoisotopic (exact) mass is 250 g/mol. The fraction of sp³-hybridized carbons (Fsp3) is 0.333. The summed E-state index contributed by atoms with van der Waals surface area (Å²) in [7, 11) is 0.